The first-order valence-corrected chi connectivity index (χ1v) is 10.2. The lowest BCUT2D eigenvalue weighted by Gasteiger charge is -2.12. The molecular formula is C22H22N4O2S. The van der Waals surface area contributed by atoms with Crippen LogP contribution in [0.25, 0.3) is 17.1 Å². The predicted molar refractivity (Wildman–Crippen MR) is 116 cm³/mol. The Morgan fingerprint density at radius 2 is 1.79 bits per heavy atom. The molecule has 2 aromatic carbocycles. The first-order valence-electron chi connectivity index (χ1n) is 9.39. The number of benzene rings is 2. The van der Waals surface area contributed by atoms with Crippen LogP contribution in [0.2, 0.25) is 0 Å². The normalized spacial score (nSPS) is 11.4. The lowest BCUT2D eigenvalue weighted by atomic mass is 10.1. The smallest absolute Gasteiger partial charge is 0.234 e. The van der Waals surface area contributed by atoms with Gasteiger partial charge in [0.05, 0.1) is 14.2 Å². The van der Waals surface area contributed by atoms with E-state index in [9.17, 15) is 0 Å². The zero-order valence-electron chi connectivity index (χ0n) is 16.6. The SMILES string of the molecule is CCc1cc(/C=C/c2nn3c(Cc4ccccc4)nnc3s2)c(OC)cc1OC. The van der Waals surface area contributed by atoms with Gasteiger partial charge in [0.1, 0.15) is 16.5 Å². The van der Waals surface area contributed by atoms with E-state index in [1.807, 2.05) is 40.9 Å². The number of aromatic nitrogens is 4. The minimum Gasteiger partial charge on any atom is -0.496 e. The number of ether oxygens (including phenoxy) is 2. The monoisotopic (exact) mass is 406 g/mol. The van der Waals surface area contributed by atoms with Crippen LogP contribution in [0.5, 0.6) is 11.5 Å². The summed E-state index contributed by atoms with van der Waals surface area (Å²) in [6.45, 7) is 2.11. The summed E-state index contributed by atoms with van der Waals surface area (Å²) in [6, 6.07) is 14.2. The molecule has 0 amide bonds. The van der Waals surface area contributed by atoms with E-state index in [0.29, 0.717) is 6.42 Å². The van der Waals surface area contributed by atoms with Crippen LogP contribution in [0.1, 0.15) is 34.4 Å². The van der Waals surface area contributed by atoms with E-state index < -0.39 is 0 Å². The van der Waals surface area contributed by atoms with Gasteiger partial charge in [0.15, 0.2) is 5.82 Å². The molecule has 0 saturated carbocycles. The maximum absolute atomic E-state index is 5.53. The van der Waals surface area contributed by atoms with Gasteiger partial charge >= 0.3 is 0 Å². The van der Waals surface area contributed by atoms with Crippen molar-refractivity contribution in [2.45, 2.75) is 19.8 Å². The summed E-state index contributed by atoms with van der Waals surface area (Å²) in [5.74, 6) is 2.44. The molecule has 148 valence electrons. The van der Waals surface area contributed by atoms with Gasteiger partial charge in [-0.15, -0.1) is 10.2 Å². The molecule has 0 aliphatic heterocycles. The number of fused-ring (bicyclic) bond motifs is 1. The molecule has 0 radical (unpaired) electrons. The van der Waals surface area contributed by atoms with Gasteiger partial charge in [0.25, 0.3) is 0 Å². The number of methoxy groups -OCH3 is 2. The Balaban J connectivity index is 1.62. The first-order chi connectivity index (χ1) is 14.2. The summed E-state index contributed by atoms with van der Waals surface area (Å²) in [5.41, 5.74) is 3.30. The molecule has 0 bridgehead atoms. The fourth-order valence-corrected chi connectivity index (χ4v) is 3.95. The highest BCUT2D eigenvalue weighted by atomic mass is 32.1. The molecule has 0 N–H and O–H groups in total. The van der Waals surface area contributed by atoms with Crippen LogP contribution < -0.4 is 9.47 Å². The second-order valence-electron chi connectivity index (χ2n) is 6.51. The Morgan fingerprint density at radius 3 is 2.52 bits per heavy atom. The van der Waals surface area contributed by atoms with Crippen LogP contribution in [0.15, 0.2) is 42.5 Å². The first kappa shape index (κ1) is 19.1. The third-order valence-electron chi connectivity index (χ3n) is 4.70. The van der Waals surface area contributed by atoms with Crippen LogP contribution in [0.3, 0.4) is 0 Å². The van der Waals surface area contributed by atoms with Gasteiger partial charge < -0.3 is 9.47 Å². The van der Waals surface area contributed by atoms with Crippen molar-refractivity contribution in [3.05, 3.63) is 70.0 Å². The van der Waals surface area contributed by atoms with E-state index in [-0.39, 0.29) is 0 Å². The fourth-order valence-electron chi connectivity index (χ4n) is 3.19. The molecular weight excluding hydrogens is 384 g/mol. The van der Waals surface area contributed by atoms with Crippen molar-refractivity contribution in [3.8, 4) is 11.5 Å². The van der Waals surface area contributed by atoms with Crippen molar-refractivity contribution >= 4 is 28.4 Å². The number of nitrogens with zero attached hydrogens (tertiary/aromatic N) is 4. The molecule has 0 unspecified atom stereocenters. The molecule has 2 heterocycles. The van der Waals surface area contributed by atoms with Gasteiger partial charge in [-0.2, -0.15) is 9.61 Å². The number of hydrogen-bond acceptors (Lipinski definition) is 6. The maximum atomic E-state index is 5.53. The number of hydrogen-bond donors (Lipinski definition) is 0. The highest BCUT2D eigenvalue weighted by Crippen LogP contribution is 2.31. The third-order valence-corrected chi connectivity index (χ3v) is 5.56. The zero-order valence-corrected chi connectivity index (χ0v) is 17.4. The van der Waals surface area contributed by atoms with Crippen molar-refractivity contribution in [1.82, 2.24) is 19.8 Å². The van der Waals surface area contributed by atoms with Crippen molar-refractivity contribution in [2.24, 2.45) is 0 Å². The van der Waals surface area contributed by atoms with E-state index in [4.69, 9.17) is 9.47 Å². The van der Waals surface area contributed by atoms with Crippen molar-refractivity contribution < 1.29 is 9.47 Å². The van der Waals surface area contributed by atoms with Crippen LogP contribution in [0.4, 0.5) is 0 Å². The van der Waals surface area contributed by atoms with E-state index in [1.165, 1.54) is 16.9 Å². The molecule has 0 atom stereocenters. The van der Waals surface area contributed by atoms with Crippen LogP contribution >= 0.6 is 11.3 Å². The Labute approximate surface area is 173 Å². The Bertz CT molecular complexity index is 1150. The Hall–Kier alpha value is -3.19. The predicted octanol–water partition coefficient (Wildman–Crippen LogP) is 4.53. The highest BCUT2D eigenvalue weighted by Gasteiger charge is 2.12. The van der Waals surface area contributed by atoms with E-state index in [2.05, 4.69) is 40.4 Å². The molecule has 29 heavy (non-hydrogen) atoms. The van der Waals surface area contributed by atoms with Crippen molar-refractivity contribution in [3.63, 3.8) is 0 Å². The van der Waals surface area contributed by atoms with E-state index in [0.717, 1.165) is 44.8 Å². The molecule has 0 saturated heterocycles. The third kappa shape index (κ3) is 4.00. The van der Waals surface area contributed by atoms with Gasteiger partial charge in [-0.3, -0.25) is 0 Å². The van der Waals surface area contributed by atoms with Gasteiger partial charge in [-0.1, -0.05) is 48.6 Å². The quantitative estimate of drug-likeness (QED) is 0.451. The number of aryl methyl sites for hydroxylation is 1. The van der Waals surface area contributed by atoms with Gasteiger partial charge in [-0.25, -0.2) is 0 Å². The van der Waals surface area contributed by atoms with Crippen LogP contribution in [-0.4, -0.2) is 34.0 Å². The summed E-state index contributed by atoms with van der Waals surface area (Å²) in [6.07, 6.45) is 5.57. The molecule has 4 aromatic rings. The van der Waals surface area contributed by atoms with Crippen LogP contribution in [-0.2, 0) is 12.8 Å². The molecule has 0 aliphatic rings. The summed E-state index contributed by atoms with van der Waals surface area (Å²) in [4.78, 5) is 0.784. The zero-order chi connectivity index (χ0) is 20.2. The summed E-state index contributed by atoms with van der Waals surface area (Å²) < 4.78 is 12.8. The minimum absolute atomic E-state index is 0.695. The van der Waals surface area contributed by atoms with Crippen molar-refractivity contribution in [1.29, 1.82) is 0 Å². The Kier molecular flexibility index (Phi) is 5.57. The van der Waals surface area contributed by atoms with E-state index >= 15 is 0 Å². The lowest BCUT2D eigenvalue weighted by molar-refractivity contribution is 0.391. The highest BCUT2D eigenvalue weighted by molar-refractivity contribution is 7.17. The van der Waals surface area contributed by atoms with E-state index in [1.54, 1.807) is 14.2 Å². The average Bonchev–Trinajstić information content (AvgIpc) is 3.33. The largest absolute Gasteiger partial charge is 0.496 e. The average molecular weight is 407 g/mol. The summed E-state index contributed by atoms with van der Waals surface area (Å²) in [7, 11) is 3.34. The second-order valence-corrected chi connectivity index (χ2v) is 7.49. The summed E-state index contributed by atoms with van der Waals surface area (Å²) in [5, 5.41) is 14.1. The second kappa shape index (κ2) is 8.45. The fraction of sp³-hybridized carbons (Fsp3) is 0.227. The maximum Gasteiger partial charge on any atom is 0.234 e. The molecule has 7 heteroatoms. The van der Waals surface area contributed by atoms with Crippen LogP contribution in [0, 0.1) is 0 Å². The van der Waals surface area contributed by atoms with Gasteiger partial charge in [-0.05, 0) is 35.8 Å². The molecule has 6 nitrogen and oxygen atoms in total. The molecule has 4 rings (SSSR count). The Morgan fingerprint density at radius 1 is 1.00 bits per heavy atom. The molecule has 0 aliphatic carbocycles. The minimum atomic E-state index is 0.695. The molecule has 0 fully saturated rings. The summed E-state index contributed by atoms with van der Waals surface area (Å²) >= 11 is 1.50. The molecule has 2 aromatic heterocycles. The lowest BCUT2D eigenvalue weighted by Crippen LogP contribution is -1.97. The topological polar surface area (TPSA) is 61.5 Å². The molecule has 0 spiro atoms. The van der Waals surface area contributed by atoms with Gasteiger partial charge in [0.2, 0.25) is 4.96 Å². The standard InChI is InChI=1S/C22H22N4O2S/c1-4-16-13-17(19(28-3)14-18(16)27-2)10-11-21-25-26-20(23-24-22(26)29-21)12-15-8-6-5-7-9-15/h5-11,13-14H,4,12H2,1-3H3/b11-10+. The van der Waals surface area contributed by atoms with Gasteiger partial charge in [0, 0.05) is 18.1 Å². The number of rotatable bonds is 7. The van der Waals surface area contributed by atoms with Crippen molar-refractivity contribution in [2.75, 3.05) is 14.2 Å².